The van der Waals surface area contributed by atoms with E-state index in [0.29, 0.717) is 50.4 Å². The van der Waals surface area contributed by atoms with E-state index >= 15 is 0 Å². The first-order valence-corrected chi connectivity index (χ1v) is 11.8. The normalized spacial score (nSPS) is 11.2. The third kappa shape index (κ3) is 4.52. The molecule has 0 aliphatic rings. The number of thioether (sulfide) groups is 1. The highest BCUT2D eigenvalue weighted by molar-refractivity contribution is 7.98. The van der Waals surface area contributed by atoms with Crippen molar-refractivity contribution in [2.24, 2.45) is 0 Å². The van der Waals surface area contributed by atoms with Gasteiger partial charge in [-0.05, 0) is 36.8 Å². The molecule has 0 spiro atoms. The van der Waals surface area contributed by atoms with Crippen molar-refractivity contribution in [1.82, 2.24) is 19.7 Å². The number of carbonyl (C=O) groups excluding carboxylic acids is 1. The molecule has 166 valence electrons. The molecule has 4 aromatic rings. The predicted octanol–water partition coefficient (Wildman–Crippen LogP) is 4.81. The molecule has 7 nitrogen and oxygen atoms in total. The van der Waals surface area contributed by atoms with Crippen molar-refractivity contribution in [1.29, 1.82) is 0 Å². The average molecular weight is 473 g/mol. The number of rotatable bonds is 9. The first kappa shape index (κ1) is 22.4. The van der Waals surface area contributed by atoms with E-state index in [1.807, 2.05) is 22.8 Å². The summed E-state index contributed by atoms with van der Waals surface area (Å²) in [7, 11) is 1.63. The highest BCUT2D eigenvalue weighted by Crippen LogP contribution is 2.37. The fourth-order valence-electron chi connectivity index (χ4n) is 3.30. The Morgan fingerprint density at radius 3 is 2.78 bits per heavy atom. The number of nitrogens with zero attached hydrogens (tertiary/aromatic N) is 4. The van der Waals surface area contributed by atoms with Gasteiger partial charge in [0.15, 0.2) is 11.0 Å². The molecule has 0 fully saturated rings. The molecule has 10 heteroatoms. The second-order valence-corrected chi connectivity index (χ2v) is 8.71. The van der Waals surface area contributed by atoms with E-state index in [-0.39, 0.29) is 12.4 Å². The summed E-state index contributed by atoms with van der Waals surface area (Å²) in [6.07, 6.45) is 3.40. The highest BCUT2D eigenvalue weighted by atomic mass is 32.2. The molecule has 0 radical (unpaired) electrons. The van der Waals surface area contributed by atoms with Crippen LogP contribution in [-0.4, -0.2) is 46.0 Å². The van der Waals surface area contributed by atoms with Crippen LogP contribution in [0.15, 0.2) is 47.9 Å². The van der Waals surface area contributed by atoms with Gasteiger partial charge in [0.1, 0.15) is 10.7 Å². The second-order valence-electron chi connectivity index (χ2n) is 6.72. The molecule has 3 aromatic heterocycles. The lowest BCUT2D eigenvalue weighted by Crippen LogP contribution is -2.08. The molecule has 0 bridgehead atoms. The minimum Gasteiger partial charge on any atom is -0.462 e. The van der Waals surface area contributed by atoms with Crippen LogP contribution in [0.3, 0.4) is 0 Å². The van der Waals surface area contributed by atoms with Gasteiger partial charge in [-0.25, -0.2) is 9.18 Å². The summed E-state index contributed by atoms with van der Waals surface area (Å²) in [5, 5.41) is 9.81. The molecule has 0 saturated heterocycles. The van der Waals surface area contributed by atoms with Gasteiger partial charge >= 0.3 is 5.97 Å². The number of thiophene rings is 1. The zero-order valence-electron chi connectivity index (χ0n) is 17.6. The smallest absolute Gasteiger partial charge is 0.348 e. The van der Waals surface area contributed by atoms with E-state index in [2.05, 4.69) is 15.2 Å². The second kappa shape index (κ2) is 10.2. The van der Waals surface area contributed by atoms with Crippen LogP contribution < -0.4 is 0 Å². The largest absolute Gasteiger partial charge is 0.462 e. The first-order chi connectivity index (χ1) is 15.6. The molecule has 0 atom stereocenters. The number of pyridine rings is 1. The van der Waals surface area contributed by atoms with Gasteiger partial charge in [-0.3, -0.25) is 9.55 Å². The van der Waals surface area contributed by atoms with Crippen LogP contribution in [0.2, 0.25) is 0 Å². The Kier molecular flexibility index (Phi) is 7.13. The summed E-state index contributed by atoms with van der Waals surface area (Å²) >= 11 is 2.64. The molecule has 0 aliphatic carbocycles. The van der Waals surface area contributed by atoms with Crippen molar-refractivity contribution in [3.63, 3.8) is 0 Å². The summed E-state index contributed by atoms with van der Waals surface area (Å²) < 4.78 is 27.8. The molecular weight excluding hydrogens is 451 g/mol. The number of hydrogen-bond donors (Lipinski definition) is 0. The van der Waals surface area contributed by atoms with Gasteiger partial charge in [0.25, 0.3) is 0 Å². The lowest BCUT2D eigenvalue weighted by atomic mass is 10.1. The highest BCUT2D eigenvalue weighted by Gasteiger charge is 2.23. The number of methoxy groups -OCH3 is 1. The van der Waals surface area contributed by atoms with Crippen LogP contribution in [0.4, 0.5) is 4.39 Å². The van der Waals surface area contributed by atoms with Crippen molar-refractivity contribution in [3.05, 3.63) is 59.0 Å². The number of hydrogen-bond acceptors (Lipinski definition) is 8. The Morgan fingerprint density at radius 2 is 2.03 bits per heavy atom. The quantitative estimate of drug-likeness (QED) is 0.255. The topological polar surface area (TPSA) is 79.1 Å². The van der Waals surface area contributed by atoms with Gasteiger partial charge in [-0.15, -0.1) is 21.5 Å². The first-order valence-electron chi connectivity index (χ1n) is 9.96. The van der Waals surface area contributed by atoms with Crippen LogP contribution >= 0.6 is 23.1 Å². The Balaban J connectivity index is 1.70. The fourth-order valence-corrected chi connectivity index (χ4v) is 5.51. The van der Waals surface area contributed by atoms with Gasteiger partial charge in [0, 0.05) is 40.9 Å². The Morgan fingerprint density at radius 1 is 1.22 bits per heavy atom. The molecule has 4 rings (SSSR count). The minimum absolute atomic E-state index is 0.253. The summed E-state index contributed by atoms with van der Waals surface area (Å²) in [5.74, 6) is 0.237. The number of halogens is 1. The van der Waals surface area contributed by atoms with E-state index in [4.69, 9.17) is 9.47 Å². The van der Waals surface area contributed by atoms with Crippen LogP contribution in [0, 0.1) is 5.82 Å². The number of carbonyl (C=O) groups is 1. The predicted molar refractivity (Wildman–Crippen MR) is 122 cm³/mol. The van der Waals surface area contributed by atoms with Crippen molar-refractivity contribution >= 4 is 39.2 Å². The molecule has 0 amide bonds. The molecule has 32 heavy (non-hydrogen) atoms. The van der Waals surface area contributed by atoms with Crippen molar-refractivity contribution in [2.45, 2.75) is 24.4 Å². The molecule has 0 N–H and O–H groups in total. The maximum Gasteiger partial charge on any atom is 0.348 e. The van der Waals surface area contributed by atoms with Crippen molar-refractivity contribution in [2.75, 3.05) is 20.3 Å². The zero-order valence-corrected chi connectivity index (χ0v) is 19.2. The van der Waals surface area contributed by atoms with Crippen molar-refractivity contribution in [3.8, 4) is 11.4 Å². The molecule has 0 saturated carbocycles. The van der Waals surface area contributed by atoms with Crippen molar-refractivity contribution < 1.29 is 18.7 Å². The number of fused-ring (bicyclic) bond motifs is 1. The lowest BCUT2D eigenvalue weighted by molar-refractivity contribution is 0.0531. The van der Waals surface area contributed by atoms with Crippen LogP contribution in [-0.2, 0) is 21.8 Å². The minimum atomic E-state index is -0.443. The number of aromatic nitrogens is 4. The number of ether oxygens (including phenoxy) is 2. The van der Waals surface area contributed by atoms with Crippen LogP contribution in [0.25, 0.3) is 21.5 Å². The van der Waals surface area contributed by atoms with E-state index in [9.17, 15) is 9.18 Å². The third-order valence-electron chi connectivity index (χ3n) is 4.74. The lowest BCUT2D eigenvalue weighted by Gasteiger charge is -2.10. The van der Waals surface area contributed by atoms with E-state index in [0.717, 1.165) is 5.56 Å². The van der Waals surface area contributed by atoms with E-state index in [1.165, 1.54) is 29.2 Å². The maximum absolute atomic E-state index is 14.7. The third-order valence-corrected chi connectivity index (χ3v) is 6.91. The van der Waals surface area contributed by atoms with Gasteiger partial charge < -0.3 is 9.47 Å². The average Bonchev–Trinajstić information content (AvgIpc) is 3.39. The Labute approximate surface area is 192 Å². The van der Waals surface area contributed by atoms with Gasteiger partial charge in [-0.1, -0.05) is 17.8 Å². The van der Waals surface area contributed by atoms with Crippen LogP contribution in [0.1, 0.15) is 22.2 Å². The van der Waals surface area contributed by atoms with Gasteiger partial charge in [-0.2, -0.15) is 0 Å². The molecular formula is C22H21FN4O3S2. The molecule has 0 unspecified atom stereocenters. The summed E-state index contributed by atoms with van der Waals surface area (Å²) in [4.78, 5) is 17.0. The summed E-state index contributed by atoms with van der Waals surface area (Å²) in [6, 6.07) is 8.58. The van der Waals surface area contributed by atoms with E-state index in [1.54, 1.807) is 32.5 Å². The summed E-state index contributed by atoms with van der Waals surface area (Å²) in [6.45, 7) is 3.03. The molecule has 0 aliphatic heterocycles. The van der Waals surface area contributed by atoms with Crippen LogP contribution in [0.5, 0.6) is 0 Å². The molecule has 3 heterocycles. The SMILES string of the molecule is CCOC(=O)c1sc2cccc(F)c2c1CSc1nnc(-c2ccncc2)n1CCOC. The fraction of sp³-hybridized carbons (Fsp3) is 0.273. The maximum atomic E-state index is 14.7. The number of esters is 1. The standard InChI is InChI=1S/C22H21FN4O3S2/c1-3-30-21(28)19-15(18-16(23)5-4-6-17(18)32-19)13-31-22-26-25-20(27(22)11-12-29-2)14-7-9-24-10-8-14/h4-10H,3,11-13H2,1-2H3. The Bertz CT molecular complexity index is 1230. The monoisotopic (exact) mass is 472 g/mol. The van der Waals surface area contributed by atoms with Gasteiger partial charge in [0.05, 0.1) is 19.8 Å². The van der Waals surface area contributed by atoms with E-state index < -0.39 is 5.97 Å². The molecule has 1 aromatic carbocycles. The zero-order chi connectivity index (χ0) is 22.5. The van der Waals surface area contributed by atoms with Gasteiger partial charge in [0.2, 0.25) is 0 Å². The Hall–Kier alpha value is -2.82. The summed E-state index contributed by atoms with van der Waals surface area (Å²) in [5.41, 5.74) is 1.49. The number of benzene rings is 1.